The minimum Gasteiger partial charge on any atom is -0.384 e. The normalized spacial score (nSPS) is 10.2. The van der Waals surface area contributed by atoms with Crippen LogP contribution in [0.5, 0.6) is 0 Å². The number of rotatable bonds is 1. The molecule has 0 atom stereocenters. The summed E-state index contributed by atoms with van der Waals surface area (Å²) in [5.74, 6) is 5.26. The molecule has 0 rings (SSSR count). The third-order valence-electron chi connectivity index (χ3n) is 0.979. The number of hydrogen-bond acceptors (Lipinski definition) is 2. The Labute approximate surface area is 55.8 Å². The van der Waals surface area contributed by atoms with Crippen LogP contribution in [0.15, 0.2) is 0 Å². The van der Waals surface area contributed by atoms with Gasteiger partial charge < -0.3 is 9.84 Å². The Kier molecular flexibility index (Phi) is 3.29. The molecule has 0 heterocycles. The van der Waals surface area contributed by atoms with E-state index in [1.807, 2.05) is 13.8 Å². The lowest BCUT2D eigenvalue weighted by atomic mass is 10.1. The fourth-order valence-corrected chi connectivity index (χ4v) is 0.303. The number of aliphatic hydroxyl groups excluding tert-OH is 1. The molecular weight excluding hydrogens is 116 g/mol. The lowest BCUT2D eigenvalue weighted by Crippen LogP contribution is -2.19. The van der Waals surface area contributed by atoms with Crippen molar-refractivity contribution in [1.29, 1.82) is 0 Å². The number of hydrogen-bond donors (Lipinski definition) is 1. The molecule has 2 nitrogen and oxygen atoms in total. The maximum absolute atomic E-state index is 8.30. The molecule has 0 spiro atoms. The Morgan fingerprint density at radius 2 is 2.11 bits per heavy atom. The summed E-state index contributed by atoms with van der Waals surface area (Å²) in [7, 11) is 1.59. The highest BCUT2D eigenvalue weighted by Gasteiger charge is 2.09. The molecule has 0 fully saturated rings. The quantitative estimate of drug-likeness (QED) is 0.518. The van der Waals surface area contributed by atoms with E-state index in [4.69, 9.17) is 9.84 Å². The van der Waals surface area contributed by atoms with Crippen molar-refractivity contribution in [2.24, 2.45) is 0 Å². The molecule has 0 saturated carbocycles. The molecule has 0 radical (unpaired) electrons. The summed E-state index contributed by atoms with van der Waals surface area (Å²) in [4.78, 5) is 0. The van der Waals surface area contributed by atoms with E-state index in [-0.39, 0.29) is 6.61 Å². The fourth-order valence-electron chi connectivity index (χ4n) is 0.303. The third kappa shape index (κ3) is 4.01. The van der Waals surface area contributed by atoms with E-state index in [9.17, 15) is 0 Å². The summed E-state index contributed by atoms with van der Waals surface area (Å²) in [6.45, 7) is 3.58. The summed E-state index contributed by atoms with van der Waals surface area (Å²) < 4.78 is 4.96. The fraction of sp³-hybridized carbons (Fsp3) is 0.714. The molecule has 2 heteroatoms. The summed E-state index contributed by atoms with van der Waals surface area (Å²) in [5, 5.41) is 8.30. The van der Waals surface area contributed by atoms with Gasteiger partial charge in [-0.25, -0.2) is 0 Å². The first-order valence-corrected chi connectivity index (χ1v) is 2.78. The maximum atomic E-state index is 8.30. The van der Waals surface area contributed by atoms with Gasteiger partial charge in [-0.1, -0.05) is 11.8 Å². The van der Waals surface area contributed by atoms with E-state index in [2.05, 4.69) is 11.8 Å². The van der Waals surface area contributed by atoms with Gasteiger partial charge in [-0.2, -0.15) is 0 Å². The highest BCUT2D eigenvalue weighted by molar-refractivity contribution is 5.10. The van der Waals surface area contributed by atoms with Crippen molar-refractivity contribution in [3.63, 3.8) is 0 Å². The molecule has 0 aliphatic heterocycles. The molecule has 0 saturated heterocycles. The molecule has 0 aliphatic rings. The minimum atomic E-state index is -0.428. The van der Waals surface area contributed by atoms with Crippen LogP contribution in [0.2, 0.25) is 0 Å². The van der Waals surface area contributed by atoms with Crippen LogP contribution in [0.25, 0.3) is 0 Å². The third-order valence-corrected chi connectivity index (χ3v) is 0.979. The van der Waals surface area contributed by atoms with Gasteiger partial charge in [0.05, 0.1) is 0 Å². The van der Waals surface area contributed by atoms with Gasteiger partial charge in [-0.3, -0.25) is 0 Å². The molecule has 0 unspecified atom stereocenters. The Morgan fingerprint density at radius 3 is 2.44 bits per heavy atom. The zero-order valence-corrected chi connectivity index (χ0v) is 6.06. The molecule has 1 N–H and O–H groups in total. The average molecular weight is 128 g/mol. The zero-order valence-electron chi connectivity index (χ0n) is 6.06. The smallest absolute Gasteiger partial charge is 0.122 e. The van der Waals surface area contributed by atoms with Gasteiger partial charge in [-0.05, 0) is 13.8 Å². The number of ether oxygens (including phenoxy) is 1. The van der Waals surface area contributed by atoms with Crippen LogP contribution in [0, 0.1) is 11.8 Å². The van der Waals surface area contributed by atoms with Gasteiger partial charge in [0.2, 0.25) is 0 Å². The van der Waals surface area contributed by atoms with E-state index in [1.54, 1.807) is 7.11 Å². The van der Waals surface area contributed by atoms with Crippen LogP contribution in [0.4, 0.5) is 0 Å². The highest BCUT2D eigenvalue weighted by atomic mass is 16.5. The first kappa shape index (κ1) is 8.48. The van der Waals surface area contributed by atoms with Crippen molar-refractivity contribution in [3.8, 4) is 11.8 Å². The van der Waals surface area contributed by atoms with Crippen LogP contribution in [0.1, 0.15) is 13.8 Å². The largest absolute Gasteiger partial charge is 0.384 e. The van der Waals surface area contributed by atoms with E-state index in [0.29, 0.717) is 0 Å². The average Bonchev–Trinajstić information content (AvgIpc) is 1.84. The molecule has 0 aliphatic carbocycles. The topological polar surface area (TPSA) is 29.5 Å². The van der Waals surface area contributed by atoms with Crippen LogP contribution >= 0.6 is 0 Å². The molecular formula is C7H12O2. The summed E-state index contributed by atoms with van der Waals surface area (Å²) >= 11 is 0. The maximum Gasteiger partial charge on any atom is 0.122 e. The Balaban J connectivity index is 3.84. The lowest BCUT2D eigenvalue weighted by Gasteiger charge is -2.13. The molecule has 52 valence electrons. The standard InChI is InChI=1S/C7H12O2/c1-7(2,9-3)5-4-6-8/h8H,6H2,1-3H3. The Hall–Kier alpha value is -0.520. The number of aliphatic hydroxyl groups is 1. The monoisotopic (exact) mass is 128 g/mol. The van der Waals surface area contributed by atoms with Gasteiger partial charge in [0.15, 0.2) is 0 Å². The van der Waals surface area contributed by atoms with Crippen molar-refractivity contribution in [1.82, 2.24) is 0 Å². The number of methoxy groups -OCH3 is 1. The Bertz CT molecular complexity index is 128. The second kappa shape index (κ2) is 3.49. The van der Waals surface area contributed by atoms with Crippen molar-refractivity contribution >= 4 is 0 Å². The predicted octanol–water partition coefficient (Wildman–Crippen LogP) is 0.407. The molecule has 0 aromatic heterocycles. The molecule has 9 heavy (non-hydrogen) atoms. The van der Waals surface area contributed by atoms with Crippen LogP contribution in [0.3, 0.4) is 0 Å². The Morgan fingerprint density at radius 1 is 1.56 bits per heavy atom. The summed E-state index contributed by atoms with van der Waals surface area (Å²) in [5.41, 5.74) is -0.428. The van der Waals surface area contributed by atoms with Gasteiger partial charge in [-0.15, -0.1) is 0 Å². The van der Waals surface area contributed by atoms with Crippen LogP contribution in [-0.4, -0.2) is 24.4 Å². The highest BCUT2D eigenvalue weighted by Crippen LogP contribution is 2.03. The van der Waals surface area contributed by atoms with Crippen molar-refractivity contribution in [2.75, 3.05) is 13.7 Å². The van der Waals surface area contributed by atoms with Gasteiger partial charge >= 0.3 is 0 Å². The van der Waals surface area contributed by atoms with Crippen molar-refractivity contribution in [2.45, 2.75) is 19.4 Å². The van der Waals surface area contributed by atoms with E-state index < -0.39 is 5.60 Å². The van der Waals surface area contributed by atoms with E-state index in [1.165, 1.54) is 0 Å². The van der Waals surface area contributed by atoms with Crippen LogP contribution in [-0.2, 0) is 4.74 Å². The second-order valence-corrected chi connectivity index (χ2v) is 2.17. The second-order valence-electron chi connectivity index (χ2n) is 2.17. The van der Waals surface area contributed by atoms with Gasteiger partial charge in [0, 0.05) is 7.11 Å². The molecule has 0 amide bonds. The first-order valence-electron chi connectivity index (χ1n) is 2.78. The zero-order chi connectivity index (χ0) is 7.33. The summed E-state index contributed by atoms with van der Waals surface area (Å²) in [6.07, 6.45) is 0. The van der Waals surface area contributed by atoms with Gasteiger partial charge in [0.25, 0.3) is 0 Å². The molecule has 0 aromatic rings. The minimum absolute atomic E-state index is 0.104. The predicted molar refractivity (Wildman–Crippen MR) is 35.9 cm³/mol. The summed E-state index contributed by atoms with van der Waals surface area (Å²) in [6, 6.07) is 0. The first-order chi connectivity index (χ1) is 4.12. The van der Waals surface area contributed by atoms with E-state index in [0.717, 1.165) is 0 Å². The molecule has 0 aromatic carbocycles. The lowest BCUT2D eigenvalue weighted by molar-refractivity contribution is 0.0739. The molecule has 0 bridgehead atoms. The SMILES string of the molecule is COC(C)(C)C#CCO. The van der Waals surface area contributed by atoms with Crippen molar-refractivity contribution < 1.29 is 9.84 Å². The van der Waals surface area contributed by atoms with E-state index >= 15 is 0 Å². The van der Waals surface area contributed by atoms with Crippen molar-refractivity contribution in [3.05, 3.63) is 0 Å². The van der Waals surface area contributed by atoms with Crippen LogP contribution < -0.4 is 0 Å². The van der Waals surface area contributed by atoms with Gasteiger partial charge in [0.1, 0.15) is 12.2 Å².